The Morgan fingerprint density at radius 1 is 1.03 bits per heavy atom. The number of para-hydroxylation sites is 1. The second kappa shape index (κ2) is 10.8. The Kier molecular flexibility index (Phi) is 7.31. The number of ketones is 1. The first-order chi connectivity index (χ1) is 17.9. The maximum Gasteiger partial charge on any atom is 0.266 e. The first kappa shape index (κ1) is 25.1. The van der Waals surface area contributed by atoms with Crippen LogP contribution in [0.2, 0.25) is 0 Å². The molecule has 10 heteroatoms. The Bertz CT molecular complexity index is 1700. The van der Waals surface area contributed by atoms with Crippen LogP contribution in [-0.2, 0) is 4.79 Å². The summed E-state index contributed by atoms with van der Waals surface area (Å²) in [7, 11) is 0. The van der Waals surface area contributed by atoms with Gasteiger partial charge in [-0.2, -0.15) is 0 Å². The summed E-state index contributed by atoms with van der Waals surface area (Å²) in [5.41, 5.74) is 3.13. The van der Waals surface area contributed by atoms with E-state index in [-0.39, 0.29) is 23.0 Å². The van der Waals surface area contributed by atoms with Gasteiger partial charge in [0.1, 0.15) is 0 Å². The molecule has 5 aromatic rings. The number of hydrogen-bond acceptors (Lipinski definition) is 7. The third-order valence-electron chi connectivity index (χ3n) is 5.48. The predicted octanol–water partition coefficient (Wildman–Crippen LogP) is 6.21. The molecule has 37 heavy (non-hydrogen) atoms. The molecule has 0 radical (unpaired) electrons. The molecule has 184 valence electrons. The molecule has 0 aliphatic carbocycles. The second-order valence-corrected chi connectivity index (χ2v) is 10.8. The van der Waals surface area contributed by atoms with Crippen LogP contribution in [0.25, 0.3) is 27.8 Å². The molecule has 7 nitrogen and oxygen atoms in total. The number of amides is 1. The van der Waals surface area contributed by atoms with E-state index in [1.165, 1.54) is 22.8 Å². The lowest BCUT2D eigenvalue weighted by Crippen LogP contribution is -2.23. The molecule has 0 spiro atoms. The van der Waals surface area contributed by atoms with Gasteiger partial charge in [0.15, 0.2) is 16.1 Å². The van der Waals surface area contributed by atoms with Crippen LogP contribution >= 0.6 is 39.0 Å². The standard InChI is InChI=1S/C27H19BrN4O3S2/c1-16(33)17-9-11-20(12-10-17)32-25(35)21-7-2-3-8-22(21)30-27(32)37-15-24(34)31-26-29-23(14-36-26)18-5-4-6-19(28)13-18/h2-14H,15H2,1H3,(H,29,31,34). The van der Waals surface area contributed by atoms with Crippen LogP contribution in [0, 0.1) is 0 Å². The number of rotatable bonds is 7. The second-order valence-electron chi connectivity index (χ2n) is 8.04. The van der Waals surface area contributed by atoms with Crippen LogP contribution in [0.4, 0.5) is 5.13 Å². The zero-order chi connectivity index (χ0) is 25.9. The maximum atomic E-state index is 13.4. The minimum Gasteiger partial charge on any atom is -0.301 e. The molecule has 0 bridgehead atoms. The van der Waals surface area contributed by atoms with Crippen molar-refractivity contribution in [2.75, 3.05) is 11.1 Å². The topological polar surface area (TPSA) is 93.9 Å². The summed E-state index contributed by atoms with van der Waals surface area (Å²) in [6, 6.07) is 21.6. The van der Waals surface area contributed by atoms with Crippen LogP contribution in [0.1, 0.15) is 17.3 Å². The molecule has 0 unspecified atom stereocenters. The Morgan fingerprint density at radius 3 is 2.57 bits per heavy atom. The average molecular weight is 592 g/mol. The summed E-state index contributed by atoms with van der Waals surface area (Å²) < 4.78 is 2.42. The number of halogens is 1. The molecular formula is C27H19BrN4O3S2. The predicted molar refractivity (Wildman–Crippen MR) is 152 cm³/mol. The Labute approximate surface area is 228 Å². The molecule has 1 N–H and O–H groups in total. The number of thioether (sulfide) groups is 1. The van der Waals surface area contributed by atoms with E-state index in [1.54, 1.807) is 42.5 Å². The van der Waals surface area contributed by atoms with Gasteiger partial charge in [0, 0.05) is 21.0 Å². The first-order valence-electron chi connectivity index (χ1n) is 11.2. The zero-order valence-corrected chi connectivity index (χ0v) is 22.7. The van der Waals surface area contributed by atoms with Crippen molar-refractivity contribution in [1.29, 1.82) is 0 Å². The van der Waals surface area contributed by atoms with Crippen molar-refractivity contribution in [2.24, 2.45) is 0 Å². The molecule has 3 aromatic carbocycles. The summed E-state index contributed by atoms with van der Waals surface area (Å²) in [5, 5.41) is 6.05. The fourth-order valence-electron chi connectivity index (χ4n) is 3.68. The number of benzene rings is 3. The minimum atomic E-state index is -0.263. The van der Waals surface area contributed by atoms with Gasteiger partial charge in [-0.1, -0.05) is 52.0 Å². The Morgan fingerprint density at radius 2 is 1.81 bits per heavy atom. The van der Waals surface area contributed by atoms with Gasteiger partial charge in [-0.3, -0.25) is 19.0 Å². The number of nitrogens with zero attached hydrogens (tertiary/aromatic N) is 3. The van der Waals surface area contributed by atoms with E-state index in [2.05, 4.69) is 31.2 Å². The molecule has 0 saturated carbocycles. The van der Waals surface area contributed by atoms with Crippen molar-refractivity contribution < 1.29 is 9.59 Å². The number of nitrogens with one attached hydrogen (secondary N) is 1. The van der Waals surface area contributed by atoms with E-state index in [0.717, 1.165) is 27.5 Å². The number of aromatic nitrogens is 3. The van der Waals surface area contributed by atoms with Crippen molar-refractivity contribution >= 4 is 66.8 Å². The van der Waals surface area contributed by atoms with E-state index in [1.807, 2.05) is 35.7 Å². The number of thiazole rings is 1. The molecule has 2 heterocycles. The third-order valence-corrected chi connectivity index (χ3v) is 7.67. The van der Waals surface area contributed by atoms with Crippen molar-refractivity contribution in [3.63, 3.8) is 0 Å². The summed E-state index contributed by atoms with van der Waals surface area (Å²) in [5.74, 6) is -0.296. The number of hydrogen-bond donors (Lipinski definition) is 1. The van der Waals surface area contributed by atoms with Gasteiger partial charge >= 0.3 is 0 Å². The minimum absolute atomic E-state index is 0.0299. The highest BCUT2D eigenvalue weighted by molar-refractivity contribution is 9.10. The van der Waals surface area contributed by atoms with Gasteiger partial charge in [-0.25, -0.2) is 9.97 Å². The number of anilines is 1. The smallest absolute Gasteiger partial charge is 0.266 e. The Hall–Kier alpha value is -3.60. The van der Waals surface area contributed by atoms with Crippen LogP contribution in [-0.4, -0.2) is 32.0 Å². The molecule has 0 aliphatic rings. The first-order valence-corrected chi connectivity index (χ1v) is 13.8. The summed E-state index contributed by atoms with van der Waals surface area (Å²) in [6.45, 7) is 1.49. The van der Waals surface area contributed by atoms with E-state index in [9.17, 15) is 14.4 Å². The van der Waals surface area contributed by atoms with E-state index >= 15 is 0 Å². The Balaban J connectivity index is 1.39. The van der Waals surface area contributed by atoms with Gasteiger partial charge in [-0.05, 0) is 55.5 Å². The summed E-state index contributed by atoms with van der Waals surface area (Å²) in [6.07, 6.45) is 0. The highest BCUT2D eigenvalue weighted by Gasteiger charge is 2.16. The van der Waals surface area contributed by atoms with Gasteiger partial charge in [0.2, 0.25) is 5.91 Å². The van der Waals surface area contributed by atoms with Gasteiger partial charge in [0.05, 0.1) is 28.0 Å². The normalized spacial score (nSPS) is 11.0. The van der Waals surface area contributed by atoms with Crippen LogP contribution < -0.4 is 10.9 Å². The highest BCUT2D eigenvalue weighted by atomic mass is 79.9. The lowest BCUT2D eigenvalue weighted by Gasteiger charge is -2.13. The van der Waals surface area contributed by atoms with Crippen molar-refractivity contribution in [3.8, 4) is 16.9 Å². The SMILES string of the molecule is CC(=O)c1ccc(-n2c(SCC(=O)Nc3nc(-c4cccc(Br)c4)cs3)nc3ccccc3c2=O)cc1. The molecule has 0 fully saturated rings. The maximum absolute atomic E-state index is 13.4. The third kappa shape index (κ3) is 5.56. The van der Waals surface area contributed by atoms with Gasteiger partial charge < -0.3 is 5.32 Å². The average Bonchev–Trinajstić information content (AvgIpc) is 3.36. The largest absolute Gasteiger partial charge is 0.301 e. The fraction of sp³-hybridized carbons (Fsp3) is 0.0741. The summed E-state index contributed by atoms with van der Waals surface area (Å²) in [4.78, 5) is 47.0. The van der Waals surface area contributed by atoms with Crippen molar-refractivity contribution in [2.45, 2.75) is 12.1 Å². The van der Waals surface area contributed by atoms with Crippen LogP contribution in [0.3, 0.4) is 0 Å². The number of Topliss-reactive ketones (excluding diaryl/α,β-unsaturated/α-hetero) is 1. The summed E-state index contributed by atoms with van der Waals surface area (Å²) >= 11 is 5.96. The lowest BCUT2D eigenvalue weighted by molar-refractivity contribution is -0.113. The molecule has 2 aromatic heterocycles. The van der Waals surface area contributed by atoms with E-state index in [0.29, 0.717) is 32.4 Å². The lowest BCUT2D eigenvalue weighted by atomic mass is 10.1. The van der Waals surface area contributed by atoms with Gasteiger partial charge in [-0.15, -0.1) is 11.3 Å². The van der Waals surface area contributed by atoms with Crippen LogP contribution in [0.5, 0.6) is 0 Å². The molecule has 0 atom stereocenters. The monoisotopic (exact) mass is 590 g/mol. The van der Waals surface area contributed by atoms with E-state index < -0.39 is 0 Å². The van der Waals surface area contributed by atoms with E-state index in [4.69, 9.17) is 0 Å². The molecule has 0 aliphatic heterocycles. The zero-order valence-electron chi connectivity index (χ0n) is 19.5. The molecule has 1 amide bonds. The quantitative estimate of drug-likeness (QED) is 0.138. The van der Waals surface area contributed by atoms with Crippen molar-refractivity contribution in [3.05, 3.63) is 98.6 Å². The number of carbonyl (C=O) groups excluding carboxylic acids is 2. The highest BCUT2D eigenvalue weighted by Crippen LogP contribution is 2.27. The fourth-order valence-corrected chi connectivity index (χ4v) is 5.63. The molecule has 5 rings (SSSR count). The van der Waals surface area contributed by atoms with Crippen LogP contribution in [0.15, 0.2) is 92.6 Å². The van der Waals surface area contributed by atoms with Crippen molar-refractivity contribution in [1.82, 2.24) is 14.5 Å². The molecular weight excluding hydrogens is 572 g/mol. The molecule has 0 saturated heterocycles. The van der Waals surface area contributed by atoms with Gasteiger partial charge in [0.25, 0.3) is 5.56 Å². The number of fused-ring (bicyclic) bond motifs is 1. The number of carbonyl (C=O) groups is 2.